The van der Waals surface area contributed by atoms with Gasteiger partial charge < -0.3 is 10.1 Å². The van der Waals surface area contributed by atoms with E-state index in [2.05, 4.69) is 10.3 Å². The van der Waals surface area contributed by atoms with Crippen LogP contribution < -0.4 is 10.9 Å². The number of carbonyl (C=O) groups is 2. The van der Waals surface area contributed by atoms with Gasteiger partial charge in [0.1, 0.15) is 22.9 Å². The lowest BCUT2D eigenvalue weighted by molar-refractivity contribution is -0.116. The number of rotatable bonds is 6. The Labute approximate surface area is 194 Å². The maximum Gasteiger partial charge on any atom is 0.349 e. The average Bonchev–Trinajstić information content (AvgIpc) is 3.15. The van der Waals surface area contributed by atoms with Crippen LogP contribution in [0.1, 0.15) is 31.9 Å². The first-order valence-electron chi connectivity index (χ1n) is 10.4. The van der Waals surface area contributed by atoms with Gasteiger partial charge in [0.25, 0.3) is 5.56 Å². The van der Waals surface area contributed by atoms with E-state index in [4.69, 9.17) is 4.74 Å². The van der Waals surface area contributed by atoms with E-state index in [-0.39, 0.29) is 24.6 Å². The van der Waals surface area contributed by atoms with Crippen LogP contribution in [0.5, 0.6) is 0 Å². The number of aromatic nitrogens is 2. The number of anilines is 1. The van der Waals surface area contributed by atoms with Crippen LogP contribution >= 0.6 is 11.3 Å². The van der Waals surface area contributed by atoms with Gasteiger partial charge in [0.15, 0.2) is 0 Å². The second-order valence-electron chi connectivity index (χ2n) is 7.77. The van der Waals surface area contributed by atoms with Gasteiger partial charge in [-0.1, -0.05) is 42.5 Å². The van der Waals surface area contributed by atoms with E-state index in [1.807, 2.05) is 62.4 Å². The first-order chi connectivity index (χ1) is 15.8. The SMILES string of the molecule is Cc1cccc(NC(=O)Cn2cnc3sc(C(=O)OCc4ccccc4)c(C)c3c2=O)c1C. The van der Waals surface area contributed by atoms with Crippen LogP contribution in [0, 0.1) is 20.8 Å². The molecule has 8 heteroatoms. The fraction of sp³-hybridized carbons (Fsp3) is 0.200. The number of aryl methyl sites for hydroxylation is 2. The van der Waals surface area contributed by atoms with E-state index in [0.717, 1.165) is 28.0 Å². The largest absolute Gasteiger partial charge is 0.457 e. The molecule has 2 aromatic carbocycles. The third kappa shape index (κ3) is 4.70. The second kappa shape index (κ2) is 9.38. The fourth-order valence-corrected chi connectivity index (χ4v) is 4.52. The highest BCUT2D eigenvalue weighted by molar-refractivity contribution is 7.20. The predicted molar refractivity (Wildman–Crippen MR) is 129 cm³/mol. The molecule has 168 valence electrons. The number of thiophene rings is 1. The average molecular weight is 462 g/mol. The van der Waals surface area contributed by atoms with Crippen LogP contribution in [0.2, 0.25) is 0 Å². The van der Waals surface area contributed by atoms with Gasteiger partial charge in [0.2, 0.25) is 5.91 Å². The van der Waals surface area contributed by atoms with Crippen molar-refractivity contribution in [3.63, 3.8) is 0 Å². The van der Waals surface area contributed by atoms with Crippen molar-refractivity contribution in [3.05, 3.63) is 92.3 Å². The highest BCUT2D eigenvalue weighted by atomic mass is 32.1. The molecule has 2 heterocycles. The molecule has 4 aromatic rings. The molecule has 4 rings (SSSR count). The van der Waals surface area contributed by atoms with Crippen molar-refractivity contribution in [2.45, 2.75) is 33.9 Å². The van der Waals surface area contributed by atoms with Crippen molar-refractivity contribution in [1.82, 2.24) is 9.55 Å². The van der Waals surface area contributed by atoms with Crippen LogP contribution in [0.25, 0.3) is 10.2 Å². The maximum atomic E-state index is 13.1. The lowest BCUT2D eigenvalue weighted by atomic mass is 10.1. The number of hydrogen-bond donors (Lipinski definition) is 1. The Morgan fingerprint density at radius 1 is 1.03 bits per heavy atom. The van der Waals surface area contributed by atoms with Crippen molar-refractivity contribution in [2.75, 3.05) is 5.32 Å². The molecule has 7 nitrogen and oxygen atoms in total. The zero-order valence-corrected chi connectivity index (χ0v) is 19.4. The third-order valence-corrected chi connectivity index (χ3v) is 6.69. The molecule has 33 heavy (non-hydrogen) atoms. The number of nitrogens with one attached hydrogen (secondary N) is 1. The van der Waals surface area contributed by atoms with Crippen LogP contribution in [0.4, 0.5) is 5.69 Å². The highest BCUT2D eigenvalue weighted by Crippen LogP contribution is 2.27. The molecule has 0 aliphatic carbocycles. The molecule has 1 amide bonds. The van der Waals surface area contributed by atoms with Gasteiger partial charge in [-0.15, -0.1) is 11.3 Å². The minimum Gasteiger partial charge on any atom is -0.457 e. The summed E-state index contributed by atoms with van der Waals surface area (Å²) < 4.78 is 6.67. The first kappa shape index (κ1) is 22.4. The smallest absolute Gasteiger partial charge is 0.349 e. The summed E-state index contributed by atoms with van der Waals surface area (Å²) in [7, 11) is 0. The summed E-state index contributed by atoms with van der Waals surface area (Å²) in [6, 6.07) is 15.0. The van der Waals surface area contributed by atoms with E-state index < -0.39 is 5.97 Å². The molecule has 0 spiro atoms. The molecule has 2 aromatic heterocycles. The Morgan fingerprint density at radius 2 is 1.79 bits per heavy atom. The zero-order chi connectivity index (χ0) is 23.5. The number of carbonyl (C=O) groups excluding carboxylic acids is 2. The quantitative estimate of drug-likeness (QED) is 0.431. The molecule has 0 unspecified atom stereocenters. The standard InChI is InChI=1S/C25H23N3O4S/c1-15-8-7-11-19(16(15)2)27-20(29)12-28-14-26-23-21(24(28)30)17(3)22(33-23)25(31)32-13-18-9-5-4-6-10-18/h4-11,14H,12-13H2,1-3H3,(H,27,29). The van der Waals surface area contributed by atoms with Gasteiger partial charge in [-0.3, -0.25) is 14.2 Å². The number of hydrogen-bond acceptors (Lipinski definition) is 6. The van der Waals surface area contributed by atoms with Crippen molar-refractivity contribution in [1.29, 1.82) is 0 Å². The molecular formula is C25H23N3O4S. The fourth-order valence-electron chi connectivity index (χ4n) is 3.49. The van der Waals surface area contributed by atoms with Crippen molar-refractivity contribution in [2.24, 2.45) is 0 Å². The normalized spacial score (nSPS) is 10.9. The van der Waals surface area contributed by atoms with Crippen LogP contribution in [-0.4, -0.2) is 21.4 Å². The number of fused-ring (bicyclic) bond motifs is 1. The monoisotopic (exact) mass is 461 g/mol. The molecule has 0 atom stereocenters. The molecule has 0 saturated heterocycles. The van der Waals surface area contributed by atoms with E-state index in [9.17, 15) is 14.4 Å². The lowest BCUT2D eigenvalue weighted by Gasteiger charge is -2.11. The Kier molecular flexibility index (Phi) is 6.37. The molecule has 1 N–H and O–H groups in total. The summed E-state index contributed by atoms with van der Waals surface area (Å²) in [4.78, 5) is 43.4. The van der Waals surface area contributed by atoms with Gasteiger partial charge in [-0.05, 0) is 49.1 Å². The Bertz CT molecular complexity index is 1410. The van der Waals surface area contributed by atoms with E-state index in [1.54, 1.807) is 6.92 Å². The van der Waals surface area contributed by atoms with Gasteiger partial charge in [0.05, 0.1) is 11.7 Å². The van der Waals surface area contributed by atoms with Gasteiger partial charge in [-0.2, -0.15) is 0 Å². The molecule has 0 aliphatic rings. The third-order valence-electron chi connectivity index (χ3n) is 5.51. The van der Waals surface area contributed by atoms with Crippen molar-refractivity contribution in [3.8, 4) is 0 Å². The highest BCUT2D eigenvalue weighted by Gasteiger charge is 2.21. The topological polar surface area (TPSA) is 90.3 Å². The zero-order valence-electron chi connectivity index (χ0n) is 18.5. The number of esters is 1. The summed E-state index contributed by atoms with van der Waals surface area (Å²) in [5, 5.41) is 3.17. The number of nitrogens with zero attached hydrogens (tertiary/aromatic N) is 2. The maximum absolute atomic E-state index is 13.1. The summed E-state index contributed by atoms with van der Waals surface area (Å²) in [6.45, 7) is 5.55. The minimum atomic E-state index is -0.502. The number of amides is 1. The van der Waals surface area contributed by atoms with E-state index >= 15 is 0 Å². The van der Waals surface area contributed by atoms with E-state index in [1.165, 1.54) is 10.9 Å². The summed E-state index contributed by atoms with van der Waals surface area (Å²) in [5.74, 6) is -0.833. The molecule has 0 bridgehead atoms. The summed E-state index contributed by atoms with van der Waals surface area (Å²) in [5.41, 5.74) is 3.76. The minimum absolute atomic E-state index is 0.142. The van der Waals surface area contributed by atoms with Crippen LogP contribution in [0.3, 0.4) is 0 Å². The first-order valence-corrected chi connectivity index (χ1v) is 11.2. The predicted octanol–water partition coefficient (Wildman–Crippen LogP) is 4.38. The van der Waals surface area contributed by atoms with Gasteiger partial charge >= 0.3 is 5.97 Å². The van der Waals surface area contributed by atoms with Crippen molar-refractivity contribution < 1.29 is 14.3 Å². The molecule has 0 saturated carbocycles. The molecular weight excluding hydrogens is 438 g/mol. The van der Waals surface area contributed by atoms with Crippen molar-refractivity contribution >= 4 is 39.1 Å². The number of benzene rings is 2. The summed E-state index contributed by atoms with van der Waals surface area (Å²) in [6.07, 6.45) is 1.34. The second-order valence-corrected chi connectivity index (χ2v) is 8.77. The van der Waals surface area contributed by atoms with Crippen LogP contribution in [0.15, 0.2) is 59.7 Å². The Balaban J connectivity index is 1.54. The molecule has 0 fully saturated rings. The Morgan fingerprint density at radius 3 is 2.55 bits per heavy atom. The van der Waals surface area contributed by atoms with Gasteiger partial charge in [-0.25, -0.2) is 9.78 Å². The van der Waals surface area contributed by atoms with Crippen LogP contribution in [-0.2, 0) is 22.7 Å². The summed E-state index contributed by atoms with van der Waals surface area (Å²) >= 11 is 1.12. The molecule has 0 aliphatic heterocycles. The van der Waals surface area contributed by atoms with Gasteiger partial charge in [0, 0.05) is 5.69 Å². The lowest BCUT2D eigenvalue weighted by Crippen LogP contribution is -2.28. The Hall–Kier alpha value is -3.78. The molecule has 0 radical (unpaired) electrons. The number of ether oxygens (including phenoxy) is 1. The van der Waals surface area contributed by atoms with E-state index in [0.29, 0.717) is 26.3 Å².